The van der Waals surface area contributed by atoms with Gasteiger partial charge in [-0.25, -0.2) is 17.2 Å². The number of sulfonamides is 1. The average molecular weight is 432 g/mol. The highest BCUT2D eigenvalue weighted by molar-refractivity contribution is 7.92. The molecule has 30 heavy (non-hydrogen) atoms. The van der Waals surface area contributed by atoms with E-state index in [4.69, 9.17) is 4.74 Å². The molecule has 0 bridgehead atoms. The fourth-order valence-corrected chi connectivity index (χ4v) is 4.12. The van der Waals surface area contributed by atoms with Crippen LogP contribution < -0.4 is 14.4 Å². The first-order valence-corrected chi connectivity index (χ1v) is 10.2. The quantitative estimate of drug-likeness (QED) is 0.616. The molecule has 0 fully saturated rings. The second-order valence-corrected chi connectivity index (χ2v) is 8.06. The number of hydrogen-bond donors (Lipinski definition) is 1. The largest absolute Gasteiger partial charge is 0.497 e. The van der Waals surface area contributed by atoms with E-state index < -0.39 is 34.1 Å². The van der Waals surface area contributed by atoms with Crippen molar-refractivity contribution in [2.75, 3.05) is 23.3 Å². The van der Waals surface area contributed by atoms with Crippen LogP contribution in [0.25, 0.3) is 0 Å². The van der Waals surface area contributed by atoms with Crippen LogP contribution in [0.2, 0.25) is 0 Å². The van der Waals surface area contributed by atoms with Gasteiger partial charge >= 0.3 is 0 Å². The van der Waals surface area contributed by atoms with E-state index in [1.807, 2.05) is 0 Å². The minimum Gasteiger partial charge on any atom is -0.497 e. The van der Waals surface area contributed by atoms with Crippen LogP contribution in [0, 0.1) is 11.6 Å². The molecule has 0 aliphatic carbocycles. The average Bonchev–Trinajstić information content (AvgIpc) is 2.74. The summed E-state index contributed by atoms with van der Waals surface area (Å²) in [6.07, 6.45) is 0. The number of carbonyl (C=O) groups is 1. The Hall–Kier alpha value is -3.46. The predicted molar refractivity (Wildman–Crippen MR) is 109 cm³/mol. The first-order valence-electron chi connectivity index (χ1n) is 8.78. The third kappa shape index (κ3) is 4.74. The summed E-state index contributed by atoms with van der Waals surface area (Å²) in [5, 5.41) is 2.48. The molecule has 3 aromatic rings. The number of para-hydroxylation sites is 1. The van der Waals surface area contributed by atoms with Crippen molar-refractivity contribution >= 4 is 27.3 Å². The van der Waals surface area contributed by atoms with Crippen LogP contribution in [0.15, 0.2) is 77.7 Å². The van der Waals surface area contributed by atoms with Gasteiger partial charge < -0.3 is 10.1 Å². The number of rotatable bonds is 7. The maximum atomic E-state index is 14.4. The molecule has 0 spiro atoms. The van der Waals surface area contributed by atoms with E-state index >= 15 is 0 Å². The van der Waals surface area contributed by atoms with Crippen LogP contribution in [-0.2, 0) is 14.8 Å². The normalized spacial score (nSPS) is 11.0. The van der Waals surface area contributed by atoms with E-state index in [1.54, 1.807) is 0 Å². The van der Waals surface area contributed by atoms with Gasteiger partial charge in [0.1, 0.15) is 23.9 Å². The summed E-state index contributed by atoms with van der Waals surface area (Å²) in [5.41, 5.74) is -0.000645. The zero-order chi connectivity index (χ0) is 21.7. The Bertz CT molecular complexity index is 1130. The summed E-state index contributed by atoms with van der Waals surface area (Å²) in [4.78, 5) is 12.4. The van der Waals surface area contributed by atoms with Crippen molar-refractivity contribution in [1.82, 2.24) is 0 Å². The Morgan fingerprint density at radius 3 is 2.20 bits per heavy atom. The molecule has 0 radical (unpaired) electrons. The van der Waals surface area contributed by atoms with E-state index in [0.717, 1.165) is 18.2 Å². The summed E-state index contributed by atoms with van der Waals surface area (Å²) in [5.74, 6) is -1.56. The number of methoxy groups -OCH3 is 1. The smallest absolute Gasteiger partial charge is 0.264 e. The number of carbonyl (C=O) groups excluding carboxylic acids is 1. The lowest BCUT2D eigenvalue weighted by atomic mass is 10.3. The Kier molecular flexibility index (Phi) is 6.31. The summed E-state index contributed by atoms with van der Waals surface area (Å²) < 4.78 is 59.6. The van der Waals surface area contributed by atoms with Crippen molar-refractivity contribution in [3.05, 3.63) is 84.4 Å². The van der Waals surface area contributed by atoms with Crippen LogP contribution >= 0.6 is 0 Å². The van der Waals surface area contributed by atoms with Gasteiger partial charge in [0.15, 0.2) is 0 Å². The Labute approximate surface area is 172 Å². The van der Waals surface area contributed by atoms with Gasteiger partial charge in [-0.3, -0.25) is 9.10 Å². The lowest BCUT2D eigenvalue weighted by Gasteiger charge is -2.24. The molecule has 0 aromatic heterocycles. The topological polar surface area (TPSA) is 75.7 Å². The van der Waals surface area contributed by atoms with Crippen molar-refractivity contribution < 1.29 is 26.7 Å². The molecule has 3 aromatic carbocycles. The highest BCUT2D eigenvalue weighted by Gasteiger charge is 2.29. The summed E-state index contributed by atoms with van der Waals surface area (Å²) in [6, 6.07) is 15.7. The summed E-state index contributed by atoms with van der Waals surface area (Å²) in [7, 11) is -2.84. The third-order valence-electron chi connectivity index (χ3n) is 4.18. The Morgan fingerprint density at radius 2 is 1.60 bits per heavy atom. The Morgan fingerprint density at radius 1 is 0.967 bits per heavy atom. The second kappa shape index (κ2) is 8.91. The van der Waals surface area contributed by atoms with E-state index in [-0.39, 0.29) is 16.3 Å². The summed E-state index contributed by atoms with van der Waals surface area (Å²) >= 11 is 0. The molecule has 0 aliphatic heterocycles. The molecule has 0 aliphatic rings. The van der Waals surface area contributed by atoms with Crippen molar-refractivity contribution in [2.24, 2.45) is 0 Å². The zero-order valence-electron chi connectivity index (χ0n) is 15.9. The van der Waals surface area contributed by atoms with Gasteiger partial charge in [0.05, 0.1) is 17.7 Å². The van der Waals surface area contributed by atoms with Crippen LogP contribution in [-0.4, -0.2) is 28.0 Å². The number of nitrogens with one attached hydrogen (secondary N) is 1. The fourth-order valence-electron chi connectivity index (χ4n) is 2.69. The number of ether oxygens (including phenoxy) is 1. The van der Waals surface area contributed by atoms with E-state index in [2.05, 4.69) is 5.32 Å². The molecule has 3 rings (SSSR count). The maximum absolute atomic E-state index is 14.4. The monoisotopic (exact) mass is 432 g/mol. The van der Waals surface area contributed by atoms with Crippen molar-refractivity contribution in [3.8, 4) is 5.75 Å². The molecule has 0 saturated heterocycles. The van der Waals surface area contributed by atoms with Crippen molar-refractivity contribution in [2.45, 2.75) is 4.90 Å². The number of nitrogens with zero attached hydrogens (tertiary/aromatic N) is 1. The number of benzene rings is 3. The van der Waals surface area contributed by atoms with Crippen molar-refractivity contribution in [3.63, 3.8) is 0 Å². The number of halogens is 2. The number of hydrogen-bond acceptors (Lipinski definition) is 4. The molecule has 0 unspecified atom stereocenters. The van der Waals surface area contributed by atoms with Gasteiger partial charge in [0.25, 0.3) is 10.0 Å². The first-order chi connectivity index (χ1) is 14.3. The molecule has 0 atom stereocenters. The van der Waals surface area contributed by atoms with E-state index in [1.165, 1.54) is 61.7 Å². The SMILES string of the molecule is COc1ccc(S(=O)(=O)N(CC(=O)Nc2ccc(F)cc2)c2ccccc2F)cc1. The molecule has 156 valence electrons. The molecule has 1 amide bonds. The van der Waals surface area contributed by atoms with Crippen LogP contribution in [0.3, 0.4) is 0 Å². The lowest BCUT2D eigenvalue weighted by molar-refractivity contribution is -0.114. The predicted octanol–water partition coefficient (Wildman–Crippen LogP) is 3.81. The first kappa shape index (κ1) is 21.3. The zero-order valence-corrected chi connectivity index (χ0v) is 16.7. The molecule has 1 N–H and O–H groups in total. The minimum absolute atomic E-state index is 0.138. The number of anilines is 2. The van der Waals surface area contributed by atoms with Gasteiger partial charge in [-0.1, -0.05) is 12.1 Å². The van der Waals surface area contributed by atoms with Crippen molar-refractivity contribution in [1.29, 1.82) is 0 Å². The van der Waals surface area contributed by atoms with Gasteiger partial charge in [-0.15, -0.1) is 0 Å². The fraction of sp³-hybridized carbons (Fsp3) is 0.0952. The van der Waals surface area contributed by atoms with Crippen LogP contribution in [0.4, 0.5) is 20.2 Å². The van der Waals surface area contributed by atoms with Crippen LogP contribution in [0.1, 0.15) is 0 Å². The third-order valence-corrected chi connectivity index (χ3v) is 5.96. The second-order valence-electron chi connectivity index (χ2n) is 6.19. The highest BCUT2D eigenvalue weighted by Crippen LogP contribution is 2.27. The van der Waals surface area contributed by atoms with Crippen LogP contribution in [0.5, 0.6) is 5.75 Å². The summed E-state index contributed by atoms with van der Waals surface area (Å²) in [6.45, 7) is -0.688. The van der Waals surface area contributed by atoms with E-state index in [9.17, 15) is 22.0 Å². The molecule has 0 heterocycles. The Balaban J connectivity index is 1.95. The van der Waals surface area contributed by atoms with Gasteiger partial charge in [-0.2, -0.15) is 0 Å². The van der Waals surface area contributed by atoms with Gasteiger partial charge in [-0.05, 0) is 60.7 Å². The van der Waals surface area contributed by atoms with Gasteiger partial charge in [0.2, 0.25) is 5.91 Å². The molecule has 6 nitrogen and oxygen atoms in total. The minimum atomic E-state index is -4.28. The highest BCUT2D eigenvalue weighted by atomic mass is 32.2. The van der Waals surface area contributed by atoms with Gasteiger partial charge in [0, 0.05) is 5.69 Å². The molecule has 9 heteroatoms. The van der Waals surface area contributed by atoms with E-state index in [0.29, 0.717) is 10.1 Å². The molecular weight excluding hydrogens is 414 g/mol. The number of amides is 1. The molecule has 0 saturated carbocycles. The molecular formula is C21H18F2N2O4S. The maximum Gasteiger partial charge on any atom is 0.264 e. The lowest BCUT2D eigenvalue weighted by Crippen LogP contribution is -2.38. The standard InChI is InChI=1S/C21H18F2N2O4S/c1-29-17-10-12-18(13-11-17)30(27,28)25(20-5-3-2-4-19(20)23)14-21(26)24-16-8-6-15(22)7-9-16/h2-13H,14H2,1H3,(H,24,26).